The maximum Gasteiger partial charge on any atom is 0.281 e. The third-order valence-electron chi connectivity index (χ3n) is 9.92. The number of hydrogen-bond donors (Lipinski definition) is 3. The molecule has 1 aliphatic heterocycles. The number of benzene rings is 4. The highest BCUT2D eigenvalue weighted by molar-refractivity contribution is 7.92. The van der Waals surface area contributed by atoms with Gasteiger partial charge in [0.15, 0.2) is 12.3 Å². The zero-order valence-corrected chi connectivity index (χ0v) is 32.7. The molecule has 1 aliphatic rings. The lowest BCUT2D eigenvalue weighted by Gasteiger charge is -2.30. The summed E-state index contributed by atoms with van der Waals surface area (Å²) in [5, 5.41) is 36.3. The van der Waals surface area contributed by atoms with Crippen LogP contribution >= 0.6 is 0 Å². The monoisotopic (exact) mass is 763 g/mol. The van der Waals surface area contributed by atoms with E-state index < -0.39 is 27.9 Å². The third-order valence-corrected chi connectivity index (χ3v) is 11.3. The number of phenols is 1. The van der Waals surface area contributed by atoms with Gasteiger partial charge in [-0.2, -0.15) is 25.6 Å². The number of para-hydroxylation sites is 1. The molecule has 13 nitrogen and oxygen atoms in total. The SMILES string of the molecule is CCC(C)(C)c1ccc(OCC(=O)Nc2cc(NS(=O)(=O)c3cccc(N=NC4C(=O)N(c5ccccc5)N=C4C#N)c3)c(O)cc2C)c(C(C)(C)CC)c1. The number of amides is 2. The number of anilines is 3. The average Bonchev–Trinajstić information content (AvgIpc) is 3.49. The number of phenolic OH excluding ortho intramolecular Hbond substituents is 1. The highest BCUT2D eigenvalue weighted by Gasteiger charge is 2.37. The van der Waals surface area contributed by atoms with Crippen molar-refractivity contribution in [1.29, 1.82) is 5.26 Å². The fourth-order valence-corrected chi connectivity index (χ4v) is 6.77. The standard InChI is InChI=1S/C41H45N7O6S/c1-8-40(4,5)27-18-19-36(31(21-27)41(6,7)9-2)54-25-37(50)43-32-23-33(35(49)20-26(32)3)47-55(52,53)30-17-13-14-28(22-30)44-45-38-34(24-42)46-48(39(38)51)29-15-11-10-12-16-29/h10-23,38,47,49H,8-9,25H2,1-7H3,(H,43,50). The second-order valence-corrected chi connectivity index (χ2v) is 16.2. The first kappa shape index (κ1) is 40.1. The normalized spacial score (nSPS) is 14.8. The Hall–Kier alpha value is -6.07. The van der Waals surface area contributed by atoms with Crippen LogP contribution in [0.5, 0.6) is 11.5 Å². The van der Waals surface area contributed by atoms with Crippen LogP contribution in [0.1, 0.15) is 71.1 Å². The van der Waals surface area contributed by atoms with Crippen LogP contribution in [0, 0.1) is 18.3 Å². The van der Waals surface area contributed by atoms with Crippen LogP contribution in [0.3, 0.4) is 0 Å². The molecule has 0 fully saturated rings. The summed E-state index contributed by atoms with van der Waals surface area (Å²) >= 11 is 0. The van der Waals surface area contributed by atoms with Gasteiger partial charge >= 0.3 is 0 Å². The summed E-state index contributed by atoms with van der Waals surface area (Å²) in [5.74, 6) is -0.815. The molecule has 1 atom stereocenters. The molecule has 0 saturated carbocycles. The minimum Gasteiger partial charge on any atom is -0.506 e. The lowest BCUT2D eigenvalue weighted by atomic mass is 9.76. The van der Waals surface area contributed by atoms with Crippen LogP contribution in [0.15, 0.2) is 105 Å². The van der Waals surface area contributed by atoms with Crippen LogP contribution in [0.4, 0.5) is 22.7 Å². The number of sulfonamides is 1. The molecule has 0 radical (unpaired) electrons. The molecule has 0 bridgehead atoms. The topological polar surface area (TPSA) is 186 Å². The maximum atomic E-state index is 13.5. The number of nitrogens with one attached hydrogen (secondary N) is 2. The summed E-state index contributed by atoms with van der Waals surface area (Å²) in [7, 11) is -4.31. The van der Waals surface area contributed by atoms with Gasteiger partial charge in [-0.05, 0) is 90.3 Å². The highest BCUT2D eigenvalue weighted by Crippen LogP contribution is 2.39. The van der Waals surface area contributed by atoms with E-state index in [1.54, 1.807) is 37.3 Å². The summed E-state index contributed by atoms with van der Waals surface area (Å²) in [6.07, 6.45) is 1.82. The molecule has 1 heterocycles. The number of nitriles is 1. The van der Waals surface area contributed by atoms with Crippen molar-refractivity contribution in [2.24, 2.45) is 15.3 Å². The number of rotatable bonds is 14. The molecule has 2 amide bonds. The number of aryl methyl sites for hydroxylation is 1. The molecule has 5 rings (SSSR count). The van der Waals surface area contributed by atoms with E-state index in [9.17, 15) is 28.4 Å². The van der Waals surface area contributed by atoms with Crippen molar-refractivity contribution in [2.45, 2.75) is 83.1 Å². The van der Waals surface area contributed by atoms with Gasteiger partial charge in [0, 0.05) is 11.3 Å². The van der Waals surface area contributed by atoms with E-state index in [2.05, 4.69) is 73.0 Å². The minimum atomic E-state index is -4.31. The molecule has 3 N–H and O–H groups in total. The second-order valence-electron chi connectivity index (χ2n) is 14.5. The first-order valence-corrected chi connectivity index (χ1v) is 19.3. The Bertz CT molecular complexity index is 2320. The Labute approximate surface area is 321 Å². The van der Waals surface area contributed by atoms with Gasteiger partial charge in [-0.15, -0.1) is 0 Å². The summed E-state index contributed by atoms with van der Waals surface area (Å²) < 4.78 is 35.5. The van der Waals surface area contributed by atoms with Crippen LogP contribution in [-0.4, -0.2) is 43.7 Å². The molecule has 0 aromatic heterocycles. The van der Waals surface area contributed by atoms with Crippen molar-refractivity contribution in [3.8, 4) is 17.6 Å². The van der Waals surface area contributed by atoms with Gasteiger partial charge in [0.2, 0.25) is 6.04 Å². The van der Waals surface area contributed by atoms with Crippen LogP contribution in [0.2, 0.25) is 0 Å². The quantitative estimate of drug-likeness (QED) is 0.0655. The molecular weight excluding hydrogens is 719 g/mol. The molecule has 14 heteroatoms. The fourth-order valence-electron chi connectivity index (χ4n) is 5.67. The number of azo groups is 1. The average molecular weight is 764 g/mol. The van der Waals surface area contributed by atoms with Crippen molar-refractivity contribution in [2.75, 3.05) is 21.7 Å². The minimum absolute atomic E-state index is 0.0282. The van der Waals surface area contributed by atoms with Crippen molar-refractivity contribution in [1.82, 2.24) is 0 Å². The number of hydrogen-bond acceptors (Lipinski definition) is 10. The molecular formula is C41H45N7O6S. The summed E-state index contributed by atoms with van der Waals surface area (Å²) in [6, 6.07) is 23.3. The molecule has 55 heavy (non-hydrogen) atoms. The van der Waals surface area contributed by atoms with E-state index >= 15 is 0 Å². The van der Waals surface area contributed by atoms with E-state index in [1.807, 2.05) is 18.2 Å². The van der Waals surface area contributed by atoms with Crippen molar-refractivity contribution in [3.63, 3.8) is 0 Å². The Morgan fingerprint density at radius 3 is 2.35 bits per heavy atom. The summed E-state index contributed by atoms with van der Waals surface area (Å²) in [5.41, 5.74) is 2.91. The smallest absolute Gasteiger partial charge is 0.281 e. The third kappa shape index (κ3) is 9.01. The maximum absolute atomic E-state index is 13.5. The summed E-state index contributed by atoms with van der Waals surface area (Å²) in [6.45, 7) is 14.3. The number of carbonyl (C=O) groups excluding carboxylic acids is 2. The van der Waals surface area contributed by atoms with Gasteiger partial charge in [0.1, 0.15) is 17.6 Å². The molecule has 1 unspecified atom stereocenters. The lowest BCUT2D eigenvalue weighted by Crippen LogP contribution is -2.30. The van der Waals surface area contributed by atoms with E-state index in [0.29, 0.717) is 17.0 Å². The van der Waals surface area contributed by atoms with Crippen LogP contribution < -0.4 is 19.8 Å². The molecule has 0 spiro atoms. The lowest BCUT2D eigenvalue weighted by molar-refractivity contribution is -0.118. The number of carbonyl (C=O) groups is 2. The largest absolute Gasteiger partial charge is 0.506 e. The fraction of sp³-hybridized carbons (Fsp3) is 0.317. The summed E-state index contributed by atoms with van der Waals surface area (Å²) in [4.78, 5) is 26.0. The Morgan fingerprint density at radius 2 is 1.67 bits per heavy atom. The van der Waals surface area contributed by atoms with Gasteiger partial charge in [-0.3, -0.25) is 14.3 Å². The van der Waals surface area contributed by atoms with E-state index in [0.717, 1.165) is 23.4 Å². The van der Waals surface area contributed by atoms with Crippen LogP contribution in [0.25, 0.3) is 0 Å². The second kappa shape index (κ2) is 16.1. The highest BCUT2D eigenvalue weighted by atomic mass is 32.2. The molecule has 4 aromatic carbocycles. The zero-order valence-electron chi connectivity index (χ0n) is 31.9. The van der Waals surface area contributed by atoms with Gasteiger partial charge in [0.25, 0.3) is 21.8 Å². The van der Waals surface area contributed by atoms with E-state index in [-0.39, 0.29) is 50.9 Å². The van der Waals surface area contributed by atoms with E-state index in [4.69, 9.17) is 4.74 Å². The van der Waals surface area contributed by atoms with Gasteiger partial charge < -0.3 is 15.2 Å². The van der Waals surface area contributed by atoms with Crippen molar-refractivity contribution < 1.29 is 27.9 Å². The predicted octanol–water partition coefficient (Wildman–Crippen LogP) is 8.27. The first-order chi connectivity index (χ1) is 26.0. The Morgan fingerprint density at radius 1 is 0.964 bits per heavy atom. The van der Waals surface area contributed by atoms with Crippen molar-refractivity contribution >= 4 is 50.3 Å². The van der Waals surface area contributed by atoms with Crippen molar-refractivity contribution in [3.05, 3.63) is 102 Å². The molecule has 0 aliphatic carbocycles. The predicted molar refractivity (Wildman–Crippen MR) is 213 cm³/mol. The number of hydrazone groups is 1. The van der Waals surface area contributed by atoms with Crippen LogP contribution in [-0.2, 0) is 30.4 Å². The van der Waals surface area contributed by atoms with Gasteiger partial charge in [-0.1, -0.05) is 77.9 Å². The van der Waals surface area contributed by atoms with Gasteiger partial charge in [-0.25, -0.2) is 8.42 Å². The number of aromatic hydroxyl groups is 1. The Kier molecular flexibility index (Phi) is 11.8. The van der Waals surface area contributed by atoms with E-state index in [1.165, 1.54) is 42.0 Å². The first-order valence-electron chi connectivity index (χ1n) is 17.8. The zero-order chi connectivity index (χ0) is 40.1. The Balaban J connectivity index is 1.30. The van der Waals surface area contributed by atoms with Gasteiger partial charge in [0.05, 0.1) is 22.0 Å². The number of ether oxygens (including phenoxy) is 1. The molecule has 4 aromatic rings. The molecule has 0 saturated heterocycles. The molecule has 286 valence electrons. The number of nitrogens with zero attached hydrogens (tertiary/aromatic N) is 5.